The van der Waals surface area contributed by atoms with E-state index < -0.39 is 29.6 Å². The molecule has 82 valence electrons. The number of rotatable bonds is 3. The molecular weight excluding hydrogens is 206 g/mol. The standard InChI is InChI=1S/C10H10F2O3/c1-6-2-3-7(8(13)4-6)10(11,12)5-9(14)15/h2-4,13H,5H2,1H3,(H,14,15). The number of halogens is 2. The van der Waals surface area contributed by atoms with Crippen LogP contribution in [-0.4, -0.2) is 16.2 Å². The Morgan fingerprint density at radius 2 is 2.07 bits per heavy atom. The first kappa shape index (κ1) is 11.4. The van der Waals surface area contributed by atoms with Crippen molar-refractivity contribution >= 4 is 5.97 Å². The van der Waals surface area contributed by atoms with E-state index in [1.165, 1.54) is 12.1 Å². The highest BCUT2D eigenvalue weighted by molar-refractivity contribution is 5.68. The number of phenolic OH excluding ortho intramolecular Hbond substituents is 1. The van der Waals surface area contributed by atoms with Gasteiger partial charge in [-0.3, -0.25) is 4.79 Å². The van der Waals surface area contributed by atoms with Gasteiger partial charge in [-0.05, 0) is 24.6 Å². The molecule has 0 saturated heterocycles. The molecule has 1 aromatic carbocycles. The molecule has 15 heavy (non-hydrogen) atoms. The zero-order chi connectivity index (χ0) is 11.6. The van der Waals surface area contributed by atoms with Gasteiger partial charge in [0, 0.05) is 0 Å². The number of aryl methyl sites for hydroxylation is 1. The van der Waals surface area contributed by atoms with E-state index in [0.717, 1.165) is 6.07 Å². The second kappa shape index (κ2) is 3.84. The van der Waals surface area contributed by atoms with Crippen molar-refractivity contribution in [1.29, 1.82) is 0 Å². The van der Waals surface area contributed by atoms with Gasteiger partial charge in [-0.15, -0.1) is 0 Å². The van der Waals surface area contributed by atoms with E-state index >= 15 is 0 Å². The Bertz CT molecular complexity index is 388. The lowest BCUT2D eigenvalue weighted by Gasteiger charge is -2.15. The largest absolute Gasteiger partial charge is 0.507 e. The monoisotopic (exact) mass is 216 g/mol. The summed E-state index contributed by atoms with van der Waals surface area (Å²) in [5.41, 5.74) is -0.0297. The van der Waals surface area contributed by atoms with Gasteiger partial charge in [-0.25, -0.2) is 8.78 Å². The fraction of sp³-hybridized carbons (Fsp3) is 0.300. The lowest BCUT2D eigenvalue weighted by atomic mass is 10.0. The van der Waals surface area contributed by atoms with E-state index in [1.807, 2.05) is 0 Å². The third-order valence-corrected chi connectivity index (χ3v) is 1.92. The molecule has 2 N–H and O–H groups in total. The Balaban J connectivity index is 3.09. The number of alkyl halides is 2. The molecule has 0 amide bonds. The van der Waals surface area contributed by atoms with Crippen LogP contribution in [0.2, 0.25) is 0 Å². The molecule has 0 spiro atoms. The molecule has 0 aliphatic carbocycles. The summed E-state index contributed by atoms with van der Waals surface area (Å²) in [6.45, 7) is 1.64. The number of benzene rings is 1. The molecule has 1 rings (SSSR count). The number of phenols is 1. The highest BCUT2D eigenvalue weighted by Crippen LogP contribution is 2.37. The molecule has 0 atom stereocenters. The van der Waals surface area contributed by atoms with Crippen LogP contribution in [-0.2, 0) is 10.7 Å². The van der Waals surface area contributed by atoms with E-state index in [1.54, 1.807) is 6.92 Å². The molecule has 0 aliphatic rings. The lowest BCUT2D eigenvalue weighted by Crippen LogP contribution is -2.18. The number of carbonyl (C=O) groups is 1. The van der Waals surface area contributed by atoms with Crippen molar-refractivity contribution in [2.24, 2.45) is 0 Å². The van der Waals surface area contributed by atoms with Gasteiger partial charge in [-0.1, -0.05) is 6.07 Å². The molecule has 5 heteroatoms. The van der Waals surface area contributed by atoms with Crippen LogP contribution in [0.25, 0.3) is 0 Å². The van der Waals surface area contributed by atoms with E-state index in [9.17, 15) is 18.7 Å². The van der Waals surface area contributed by atoms with Gasteiger partial charge in [-0.2, -0.15) is 0 Å². The van der Waals surface area contributed by atoms with Gasteiger partial charge in [0.15, 0.2) is 0 Å². The fourth-order valence-corrected chi connectivity index (χ4v) is 1.24. The summed E-state index contributed by atoms with van der Waals surface area (Å²) in [5.74, 6) is -5.75. The fourth-order valence-electron chi connectivity index (χ4n) is 1.24. The Kier molecular flexibility index (Phi) is 2.93. The lowest BCUT2D eigenvalue weighted by molar-refractivity contribution is -0.145. The Labute approximate surface area is 85.0 Å². The summed E-state index contributed by atoms with van der Waals surface area (Å²) in [7, 11) is 0. The quantitative estimate of drug-likeness (QED) is 0.814. The second-order valence-corrected chi connectivity index (χ2v) is 3.30. The van der Waals surface area contributed by atoms with Crippen LogP contribution < -0.4 is 0 Å². The molecule has 0 heterocycles. The van der Waals surface area contributed by atoms with Gasteiger partial charge in [0.05, 0.1) is 5.56 Å². The smallest absolute Gasteiger partial charge is 0.309 e. The van der Waals surface area contributed by atoms with Crippen molar-refractivity contribution in [2.45, 2.75) is 19.3 Å². The molecule has 0 aliphatic heterocycles. The highest BCUT2D eigenvalue weighted by Gasteiger charge is 2.36. The molecular formula is C10H10F2O3. The molecule has 0 fully saturated rings. The average molecular weight is 216 g/mol. The molecule has 0 unspecified atom stereocenters. The number of aliphatic carboxylic acids is 1. The first-order valence-electron chi connectivity index (χ1n) is 4.22. The molecule has 1 aromatic rings. The summed E-state index contributed by atoms with van der Waals surface area (Å²) in [5, 5.41) is 17.6. The molecule has 0 radical (unpaired) electrons. The van der Waals surface area contributed by atoms with Crippen LogP contribution in [0.5, 0.6) is 5.75 Å². The second-order valence-electron chi connectivity index (χ2n) is 3.30. The van der Waals surface area contributed by atoms with Gasteiger partial charge in [0.2, 0.25) is 0 Å². The van der Waals surface area contributed by atoms with Crippen molar-refractivity contribution in [1.82, 2.24) is 0 Å². The first-order chi connectivity index (χ1) is 6.83. The van der Waals surface area contributed by atoms with Crippen molar-refractivity contribution in [2.75, 3.05) is 0 Å². The maximum absolute atomic E-state index is 13.3. The van der Waals surface area contributed by atoms with Crippen LogP contribution in [0.15, 0.2) is 18.2 Å². The van der Waals surface area contributed by atoms with Gasteiger partial charge in [0.25, 0.3) is 5.92 Å². The molecule has 0 saturated carbocycles. The predicted octanol–water partition coefficient (Wildman–Crippen LogP) is 2.27. The van der Waals surface area contributed by atoms with Crippen molar-refractivity contribution in [3.8, 4) is 5.75 Å². The summed E-state index contributed by atoms with van der Waals surface area (Å²) in [6, 6.07) is 3.60. The van der Waals surface area contributed by atoms with E-state index in [4.69, 9.17) is 5.11 Å². The van der Waals surface area contributed by atoms with Crippen LogP contribution in [0.3, 0.4) is 0 Å². The number of carboxylic acids is 1. The SMILES string of the molecule is Cc1ccc(C(F)(F)CC(=O)O)c(O)c1. The van der Waals surface area contributed by atoms with E-state index in [-0.39, 0.29) is 0 Å². The minimum Gasteiger partial charge on any atom is -0.507 e. The van der Waals surface area contributed by atoms with Gasteiger partial charge in [0.1, 0.15) is 12.2 Å². The first-order valence-corrected chi connectivity index (χ1v) is 4.22. The maximum Gasteiger partial charge on any atom is 0.309 e. The van der Waals surface area contributed by atoms with Crippen LogP contribution in [0.1, 0.15) is 17.5 Å². The van der Waals surface area contributed by atoms with E-state index in [2.05, 4.69) is 0 Å². The maximum atomic E-state index is 13.3. The summed E-state index contributed by atoms with van der Waals surface area (Å²) in [6.07, 6.45) is -1.33. The zero-order valence-electron chi connectivity index (χ0n) is 8.00. The Morgan fingerprint density at radius 1 is 1.47 bits per heavy atom. The molecule has 0 aromatic heterocycles. The summed E-state index contributed by atoms with van der Waals surface area (Å²) in [4.78, 5) is 10.2. The number of aromatic hydroxyl groups is 1. The van der Waals surface area contributed by atoms with Crippen molar-refractivity contribution < 1.29 is 23.8 Å². The van der Waals surface area contributed by atoms with Crippen molar-refractivity contribution in [3.63, 3.8) is 0 Å². The number of hydrogen-bond acceptors (Lipinski definition) is 2. The minimum absolute atomic E-state index is 0.582. The highest BCUT2D eigenvalue weighted by atomic mass is 19.3. The van der Waals surface area contributed by atoms with E-state index in [0.29, 0.717) is 5.56 Å². The number of carboxylic acid groups (broad SMARTS) is 1. The van der Waals surface area contributed by atoms with Crippen LogP contribution in [0.4, 0.5) is 8.78 Å². The number of hydrogen-bond donors (Lipinski definition) is 2. The average Bonchev–Trinajstić information content (AvgIpc) is 1.99. The predicted molar refractivity (Wildman–Crippen MR) is 49.0 cm³/mol. The Hall–Kier alpha value is -1.65. The van der Waals surface area contributed by atoms with Gasteiger partial charge < -0.3 is 10.2 Å². The molecule has 0 bridgehead atoms. The van der Waals surface area contributed by atoms with Crippen LogP contribution in [0, 0.1) is 6.92 Å². The van der Waals surface area contributed by atoms with Crippen LogP contribution >= 0.6 is 0 Å². The molecule has 3 nitrogen and oxygen atoms in total. The third-order valence-electron chi connectivity index (χ3n) is 1.92. The minimum atomic E-state index is -3.55. The Morgan fingerprint density at radius 3 is 2.53 bits per heavy atom. The topological polar surface area (TPSA) is 57.5 Å². The van der Waals surface area contributed by atoms with Crippen molar-refractivity contribution in [3.05, 3.63) is 29.3 Å². The normalized spacial score (nSPS) is 11.4. The van der Waals surface area contributed by atoms with Gasteiger partial charge >= 0.3 is 5.97 Å². The summed E-state index contributed by atoms with van der Waals surface area (Å²) >= 11 is 0. The third kappa shape index (κ3) is 2.65. The zero-order valence-corrected chi connectivity index (χ0v) is 8.00. The summed E-state index contributed by atoms with van der Waals surface area (Å²) < 4.78 is 26.5.